The van der Waals surface area contributed by atoms with Crippen molar-refractivity contribution >= 4 is 22.5 Å². The molecule has 1 heterocycles. The lowest BCUT2D eigenvalue weighted by atomic mass is 10.2. The van der Waals surface area contributed by atoms with E-state index < -0.39 is 4.92 Å². The number of nitro benzene ring substituents is 1. The van der Waals surface area contributed by atoms with Crippen molar-refractivity contribution in [2.24, 2.45) is 0 Å². The number of nitrogens with zero attached hydrogens (tertiary/aromatic N) is 2. The highest BCUT2D eigenvalue weighted by molar-refractivity contribution is 6.03. The Bertz CT molecular complexity index is 865. The molecule has 0 aliphatic carbocycles. The average Bonchev–Trinajstić information content (AvgIpc) is 2.93. The number of carbonyl (C=O) groups is 1. The van der Waals surface area contributed by atoms with Crippen molar-refractivity contribution in [1.82, 2.24) is 4.57 Å². The van der Waals surface area contributed by atoms with Gasteiger partial charge in [-0.05, 0) is 18.2 Å². The Morgan fingerprint density at radius 3 is 2.45 bits per heavy atom. The number of fused-ring (bicyclic) bond motifs is 1. The van der Waals surface area contributed by atoms with Gasteiger partial charge in [0.2, 0.25) is 0 Å². The lowest BCUT2D eigenvalue weighted by Gasteiger charge is -2.04. The number of para-hydroxylation sites is 1. The van der Waals surface area contributed by atoms with Gasteiger partial charge in [-0.3, -0.25) is 19.5 Å². The summed E-state index contributed by atoms with van der Waals surface area (Å²) in [4.78, 5) is 22.7. The Balaban J connectivity index is 2.07. The predicted molar refractivity (Wildman–Crippen MR) is 80.7 cm³/mol. The molecule has 0 bridgehead atoms. The van der Waals surface area contributed by atoms with E-state index in [1.807, 2.05) is 18.2 Å². The van der Waals surface area contributed by atoms with Crippen LogP contribution in [0.15, 0.2) is 54.7 Å². The Kier molecular flexibility index (Phi) is 3.44. The number of aromatic nitrogens is 1. The molecule has 0 saturated carbocycles. The Hall–Kier alpha value is -2.99. The molecule has 0 spiro atoms. The molecule has 0 fully saturated rings. The highest BCUT2D eigenvalue weighted by atomic mass is 16.6. The molecular formula is C16H12N2O4. The second kappa shape index (κ2) is 5.42. The molecule has 0 radical (unpaired) electrons. The number of carbonyl (C=O) groups excluding carboxylic acids is 1. The molecule has 0 saturated heterocycles. The molecule has 3 aromatic rings. The second-order valence-electron chi connectivity index (χ2n) is 4.81. The summed E-state index contributed by atoms with van der Waals surface area (Å²) in [5.41, 5.74) is 1.63. The SMILES string of the molecule is O=C(c1ccc([N+](=O)[O-])cc1)n1cc(CO)c2ccccc21. The van der Waals surface area contributed by atoms with Gasteiger partial charge in [-0.15, -0.1) is 0 Å². The summed E-state index contributed by atoms with van der Waals surface area (Å²) in [7, 11) is 0. The van der Waals surface area contributed by atoms with Crippen LogP contribution < -0.4 is 0 Å². The number of aliphatic hydroxyl groups excluding tert-OH is 1. The van der Waals surface area contributed by atoms with E-state index in [1.165, 1.54) is 28.8 Å². The number of aliphatic hydroxyl groups is 1. The van der Waals surface area contributed by atoms with Crippen LogP contribution in [0.1, 0.15) is 15.9 Å². The third-order valence-corrected chi connectivity index (χ3v) is 3.51. The van der Waals surface area contributed by atoms with Crippen molar-refractivity contribution in [3.8, 4) is 0 Å². The van der Waals surface area contributed by atoms with Gasteiger partial charge >= 0.3 is 0 Å². The molecule has 110 valence electrons. The summed E-state index contributed by atoms with van der Waals surface area (Å²) in [6.45, 7) is -0.166. The first-order valence-corrected chi connectivity index (χ1v) is 6.61. The number of hydrogen-bond donors (Lipinski definition) is 1. The summed E-state index contributed by atoms with van der Waals surface area (Å²) in [5.74, 6) is -0.300. The largest absolute Gasteiger partial charge is 0.392 e. The van der Waals surface area contributed by atoms with E-state index in [0.29, 0.717) is 16.6 Å². The first kappa shape index (κ1) is 14.0. The maximum atomic E-state index is 12.6. The molecule has 2 aromatic carbocycles. The van der Waals surface area contributed by atoms with Gasteiger partial charge in [0.05, 0.1) is 17.0 Å². The summed E-state index contributed by atoms with van der Waals surface area (Å²) in [6.07, 6.45) is 1.59. The minimum Gasteiger partial charge on any atom is -0.392 e. The van der Waals surface area contributed by atoms with Crippen molar-refractivity contribution in [3.05, 3.63) is 76.0 Å². The molecule has 1 N–H and O–H groups in total. The smallest absolute Gasteiger partial charge is 0.269 e. The first-order chi connectivity index (χ1) is 10.6. The van der Waals surface area contributed by atoms with Crippen molar-refractivity contribution in [2.75, 3.05) is 0 Å². The van der Waals surface area contributed by atoms with Gasteiger partial charge in [-0.25, -0.2) is 0 Å². The van der Waals surface area contributed by atoms with Crippen LogP contribution in [0.2, 0.25) is 0 Å². The van der Waals surface area contributed by atoms with Gasteiger partial charge in [0.1, 0.15) is 0 Å². The van der Waals surface area contributed by atoms with Crippen molar-refractivity contribution in [1.29, 1.82) is 0 Å². The van der Waals surface area contributed by atoms with Crippen LogP contribution in [0.3, 0.4) is 0 Å². The van der Waals surface area contributed by atoms with Gasteiger partial charge in [0.25, 0.3) is 11.6 Å². The topological polar surface area (TPSA) is 85.4 Å². The zero-order valence-corrected chi connectivity index (χ0v) is 11.5. The van der Waals surface area contributed by atoms with Crippen LogP contribution in [0.25, 0.3) is 10.9 Å². The summed E-state index contributed by atoms with van der Waals surface area (Å²) < 4.78 is 1.45. The molecule has 0 aliphatic heterocycles. The molecule has 3 rings (SSSR count). The zero-order chi connectivity index (χ0) is 15.7. The molecule has 0 unspecified atom stereocenters. The van der Waals surface area contributed by atoms with Crippen LogP contribution in [0, 0.1) is 10.1 Å². The lowest BCUT2D eigenvalue weighted by molar-refractivity contribution is -0.384. The van der Waals surface area contributed by atoms with Gasteiger partial charge < -0.3 is 5.11 Å². The lowest BCUT2D eigenvalue weighted by Crippen LogP contribution is -2.10. The summed E-state index contributed by atoms with van der Waals surface area (Å²) >= 11 is 0. The van der Waals surface area contributed by atoms with E-state index in [0.717, 1.165) is 5.39 Å². The molecule has 0 aliphatic rings. The van der Waals surface area contributed by atoms with Gasteiger partial charge in [0.15, 0.2) is 0 Å². The maximum absolute atomic E-state index is 12.6. The molecule has 1 aromatic heterocycles. The molecular weight excluding hydrogens is 284 g/mol. The fourth-order valence-electron chi connectivity index (χ4n) is 2.41. The predicted octanol–water partition coefficient (Wildman–Crippen LogP) is 2.73. The summed E-state index contributed by atoms with van der Waals surface area (Å²) in [6, 6.07) is 12.7. The Morgan fingerprint density at radius 1 is 1.14 bits per heavy atom. The Labute approximate surface area is 125 Å². The molecule has 6 heteroatoms. The van der Waals surface area contributed by atoms with E-state index in [1.54, 1.807) is 12.3 Å². The molecule has 22 heavy (non-hydrogen) atoms. The number of benzene rings is 2. The van der Waals surface area contributed by atoms with E-state index >= 15 is 0 Å². The van der Waals surface area contributed by atoms with E-state index in [9.17, 15) is 20.0 Å². The molecule has 6 nitrogen and oxygen atoms in total. The van der Waals surface area contributed by atoms with Gasteiger partial charge in [-0.1, -0.05) is 18.2 Å². The number of nitro groups is 1. The van der Waals surface area contributed by atoms with Crippen LogP contribution in [0.5, 0.6) is 0 Å². The molecule has 0 amide bonds. The minimum absolute atomic E-state index is 0.0649. The normalized spacial score (nSPS) is 10.8. The minimum atomic E-state index is -0.511. The van der Waals surface area contributed by atoms with Crippen molar-refractivity contribution in [3.63, 3.8) is 0 Å². The van der Waals surface area contributed by atoms with Gasteiger partial charge in [-0.2, -0.15) is 0 Å². The van der Waals surface area contributed by atoms with Crippen LogP contribution in [-0.4, -0.2) is 20.5 Å². The van der Waals surface area contributed by atoms with E-state index in [2.05, 4.69) is 0 Å². The third kappa shape index (κ3) is 2.25. The highest BCUT2D eigenvalue weighted by Gasteiger charge is 2.15. The fourth-order valence-corrected chi connectivity index (χ4v) is 2.41. The average molecular weight is 296 g/mol. The monoisotopic (exact) mass is 296 g/mol. The van der Waals surface area contributed by atoms with Crippen molar-refractivity contribution in [2.45, 2.75) is 6.61 Å². The number of hydrogen-bond acceptors (Lipinski definition) is 4. The highest BCUT2D eigenvalue weighted by Crippen LogP contribution is 2.23. The summed E-state index contributed by atoms with van der Waals surface area (Å²) in [5, 5.41) is 20.9. The third-order valence-electron chi connectivity index (χ3n) is 3.51. The van der Waals surface area contributed by atoms with Crippen molar-refractivity contribution < 1.29 is 14.8 Å². The van der Waals surface area contributed by atoms with E-state index in [-0.39, 0.29) is 18.2 Å². The maximum Gasteiger partial charge on any atom is 0.269 e. The second-order valence-corrected chi connectivity index (χ2v) is 4.81. The number of rotatable bonds is 3. The standard InChI is InChI=1S/C16H12N2O4/c19-10-12-9-17(15-4-2-1-3-14(12)15)16(20)11-5-7-13(8-6-11)18(21)22/h1-9,19H,10H2. The fraction of sp³-hybridized carbons (Fsp3) is 0.0625. The quantitative estimate of drug-likeness (QED) is 0.595. The zero-order valence-electron chi connectivity index (χ0n) is 11.5. The van der Waals surface area contributed by atoms with Crippen LogP contribution in [0.4, 0.5) is 5.69 Å². The molecule has 0 atom stereocenters. The number of non-ortho nitro benzene ring substituents is 1. The van der Waals surface area contributed by atoms with Crippen LogP contribution >= 0.6 is 0 Å². The Morgan fingerprint density at radius 2 is 1.82 bits per heavy atom. The van der Waals surface area contributed by atoms with E-state index in [4.69, 9.17) is 0 Å². The van der Waals surface area contributed by atoms with Gasteiger partial charge in [0, 0.05) is 34.8 Å². The van der Waals surface area contributed by atoms with Crippen LogP contribution in [-0.2, 0) is 6.61 Å². The first-order valence-electron chi connectivity index (χ1n) is 6.61.